The van der Waals surface area contributed by atoms with Gasteiger partial charge in [-0.25, -0.2) is 9.78 Å². The van der Waals surface area contributed by atoms with E-state index in [4.69, 9.17) is 21.1 Å². The highest BCUT2D eigenvalue weighted by atomic mass is 35.5. The van der Waals surface area contributed by atoms with E-state index >= 15 is 0 Å². The highest BCUT2D eigenvalue weighted by molar-refractivity contribution is 7.13. The third-order valence-corrected chi connectivity index (χ3v) is 4.54. The average molecular weight is 402 g/mol. The van der Waals surface area contributed by atoms with Crippen molar-refractivity contribution in [2.24, 2.45) is 5.10 Å². The van der Waals surface area contributed by atoms with E-state index in [-0.39, 0.29) is 0 Å². The van der Waals surface area contributed by atoms with Gasteiger partial charge in [0.25, 0.3) is 0 Å². The number of benzene rings is 2. The summed E-state index contributed by atoms with van der Waals surface area (Å²) >= 11 is 7.38. The SMILES string of the molecule is COc1cc(/C=N\Nc2nc(C)cs2)ccc1OC(=O)c1cccc(Cl)c1. The first-order valence-electron chi connectivity index (χ1n) is 7.92. The Morgan fingerprint density at radius 2 is 2.11 bits per heavy atom. The number of rotatable bonds is 6. The van der Waals surface area contributed by atoms with E-state index in [1.54, 1.807) is 48.7 Å². The van der Waals surface area contributed by atoms with Crippen molar-refractivity contribution in [3.8, 4) is 11.5 Å². The molecule has 0 unspecified atom stereocenters. The fraction of sp³-hybridized carbons (Fsp3) is 0.105. The Bertz CT molecular complexity index is 988. The molecule has 6 nitrogen and oxygen atoms in total. The maximum absolute atomic E-state index is 12.3. The molecule has 2 aromatic carbocycles. The number of esters is 1. The smallest absolute Gasteiger partial charge is 0.343 e. The first-order valence-corrected chi connectivity index (χ1v) is 9.18. The van der Waals surface area contributed by atoms with Crippen LogP contribution in [0, 0.1) is 6.92 Å². The Morgan fingerprint density at radius 3 is 2.81 bits per heavy atom. The van der Waals surface area contributed by atoms with Gasteiger partial charge in [-0.05, 0) is 48.9 Å². The number of nitrogens with one attached hydrogen (secondary N) is 1. The first kappa shape index (κ1) is 18.9. The number of nitrogens with zero attached hydrogens (tertiary/aromatic N) is 2. The van der Waals surface area contributed by atoms with E-state index < -0.39 is 5.97 Å². The molecule has 0 aliphatic carbocycles. The zero-order valence-corrected chi connectivity index (χ0v) is 16.2. The summed E-state index contributed by atoms with van der Waals surface area (Å²) in [5, 5.41) is 7.25. The molecule has 27 heavy (non-hydrogen) atoms. The first-order chi connectivity index (χ1) is 13.0. The van der Waals surface area contributed by atoms with Crippen LogP contribution in [-0.2, 0) is 0 Å². The Kier molecular flexibility index (Phi) is 6.05. The number of aryl methyl sites for hydroxylation is 1. The van der Waals surface area contributed by atoms with Crippen molar-refractivity contribution in [1.82, 2.24) is 4.98 Å². The van der Waals surface area contributed by atoms with Crippen molar-refractivity contribution >= 4 is 40.3 Å². The van der Waals surface area contributed by atoms with Crippen LogP contribution < -0.4 is 14.9 Å². The highest BCUT2D eigenvalue weighted by Gasteiger charge is 2.13. The second-order valence-electron chi connectivity index (χ2n) is 5.47. The predicted octanol–water partition coefficient (Wildman–Crippen LogP) is 4.78. The number of halogens is 1. The van der Waals surface area contributed by atoms with Crippen molar-refractivity contribution in [3.05, 3.63) is 69.7 Å². The van der Waals surface area contributed by atoms with E-state index in [1.807, 2.05) is 12.3 Å². The summed E-state index contributed by atoms with van der Waals surface area (Å²) in [4.78, 5) is 16.5. The largest absolute Gasteiger partial charge is 0.493 e. The molecule has 1 heterocycles. The van der Waals surface area contributed by atoms with Gasteiger partial charge in [-0.1, -0.05) is 17.7 Å². The van der Waals surface area contributed by atoms with Gasteiger partial charge in [-0.2, -0.15) is 5.10 Å². The van der Waals surface area contributed by atoms with Crippen molar-refractivity contribution in [3.63, 3.8) is 0 Å². The van der Waals surface area contributed by atoms with Gasteiger partial charge in [-0.3, -0.25) is 5.43 Å². The average Bonchev–Trinajstić information content (AvgIpc) is 3.08. The molecule has 0 aliphatic rings. The molecular weight excluding hydrogens is 386 g/mol. The maximum Gasteiger partial charge on any atom is 0.343 e. The Morgan fingerprint density at radius 1 is 1.26 bits per heavy atom. The number of methoxy groups -OCH3 is 1. The van der Waals surface area contributed by atoms with Crippen LogP contribution in [0.25, 0.3) is 0 Å². The zero-order chi connectivity index (χ0) is 19.2. The van der Waals surface area contributed by atoms with E-state index in [0.29, 0.717) is 27.2 Å². The number of hydrogen-bond donors (Lipinski definition) is 1. The molecule has 0 aliphatic heterocycles. The van der Waals surface area contributed by atoms with Gasteiger partial charge in [0.15, 0.2) is 11.5 Å². The summed E-state index contributed by atoms with van der Waals surface area (Å²) in [6.07, 6.45) is 1.63. The summed E-state index contributed by atoms with van der Waals surface area (Å²) in [7, 11) is 1.50. The number of thiazole rings is 1. The predicted molar refractivity (Wildman–Crippen MR) is 107 cm³/mol. The molecule has 3 aromatic rings. The minimum atomic E-state index is -0.516. The maximum atomic E-state index is 12.3. The summed E-state index contributed by atoms with van der Waals surface area (Å²) in [5.41, 5.74) is 4.93. The van der Waals surface area contributed by atoms with Crippen molar-refractivity contribution in [1.29, 1.82) is 0 Å². The fourth-order valence-electron chi connectivity index (χ4n) is 2.19. The Labute approximate surface area is 165 Å². The third kappa shape index (κ3) is 5.06. The number of hydrazone groups is 1. The number of ether oxygens (including phenoxy) is 2. The lowest BCUT2D eigenvalue weighted by Gasteiger charge is -2.10. The Balaban J connectivity index is 1.71. The summed E-state index contributed by atoms with van der Waals surface area (Å²) in [5.74, 6) is 0.209. The lowest BCUT2D eigenvalue weighted by atomic mass is 10.2. The molecule has 1 N–H and O–H groups in total. The molecule has 138 valence electrons. The molecule has 0 saturated heterocycles. The normalized spacial score (nSPS) is 10.8. The van der Waals surface area contributed by atoms with E-state index in [1.165, 1.54) is 18.4 Å². The second kappa shape index (κ2) is 8.66. The van der Waals surface area contributed by atoms with Crippen LogP contribution in [0.4, 0.5) is 5.13 Å². The minimum Gasteiger partial charge on any atom is -0.493 e. The van der Waals surface area contributed by atoms with Gasteiger partial charge in [0.1, 0.15) is 0 Å². The van der Waals surface area contributed by atoms with Crippen LogP contribution >= 0.6 is 22.9 Å². The topological polar surface area (TPSA) is 72.8 Å². The molecular formula is C19H16ClN3O3S. The van der Waals surface area contributed by atoms with E-state index in [2.05, 4.69) is 15.5 Å². The van der Waals surface area contributed by atoms with Crippen LogP contribution in [0.3, 0.4) is 0 Å². The second-order valence-corrected chi connectivity index (χ2v) is 6.77. The standard InChI is InChI=1S/C19H16ClN3O3S/c1-12-11-27-19(22-12)23-21-10-13-6-7-16(17(8-13)25-2)26-18(24)14-4-3-5-15(20)9-14/h3-11H,1-2H3,(H,22,23)/b21-10-. The zero-order valence-electron chi connectivity index (χ0n) is 14.6. The molecule has 0 fully saturated rings. The van der Waals surface area contributed by atoms with Crippen LogP contribution in [0.15, 0.2) is 52.9 Å². The number of aromatic nitrogens is 1. The molecule has 0 radical (unpaired) electrons. The van der Waals surface area contributed by atoms with Crippen LogP contribution in [0.1, 0.15) is 21.6 Å². The molecule has 0 saturated carbocycles. The quantitative estimate of drug-likeness (QED) is 0.278. The molecule has 0 atom stereocenters. The third-order valence-electron chi connectivity index (χ3n) is 3.44. The lowest BCUT2D eigenvalue weighted by Crippen LogP contribution is -2.09. The molecule has 0 bridgehead atoms. The lowest BCUT2D eigenvalue weighted by molar-refractivity contribution is 0.0729. The molecule has 0 amide bonds. The van der Waals surface area contributed by atoms with Crippen molar-refractivity contribution in [2.45, 2.75) is 6.92 Å². The van der Waals surface area contributed by atoms with E-state index in [0.717, 1.165) is 11.3 Å². The molecule has 0 spiro atoms. The number of anilines is 1. The van der Waals surface area contributed by atoms with Crippen LogP contribution in [0.2, 0.25) is 5.02 Å². The highest BCUT2D eigenvalue weighted by Crippen LogP contribution is 2.28. The molecule has 8 heteroatoms. The Hall–Kier alpha value is -2.90. The summed E-state index contributed by atoms with van der Waals surface area (Å²) in [6, 6.07) is 11.7. The van der Waals surface area contributed by atoms with Crippen LogP contribution in [-0.4, -0.2) is 24.3 Å². The number of carbonyl (C=O) groups is 1. The number of hydrogen-bond acceptors (Lipinski definition) is 7. The van der Waals surface area contributed by atoms with Gasteiger partial charge < -0.3 is 9.47 Å². The van der Waals surface area contributed by atoms with E-state index in [9.17, 15) is 4.79 Å². The van der Waals surface area contributed by atoms with Gasteiger partial charge in [0.2, 0.25) is 5.13 Å². The van der Waals surface area contributed by atoms with Gasteiger partial charge in [0, 0.05) is 10.4 Å². The molecule has 1 aromatic heterocycles. The minimum absolute atomic E-state index is 0.308. The van der Waals surface area contributed by atoms with Gasteiger partial charge in [0.05, 0.1) is 24.6 Å². The summed E-state index contributed by atoms with van der Waals surface area (Å²) < 4.78 is 10.7. The molecule has 3 rings (SSSR count). The van der Waals surface area contributed by atoms with Crippen molar-refractivity contribution in [2.75, 3.05) is 12.5 Å². The number of carbonyl (C=O) groups excluding carboxylic acids is 1. The van der Waals surface area contributed by atoms with Crippen molar-refractivity contribution < 1.29 is 14.3 Å². The fourth-order valence-corrected chi connectivity index (χ4v) is 3.02. The van der Waals surface area contributed by atoms with Gasteiger partial charge >= 0.3 is 5.97 Å². The van der Waals surface area contributed by atoms with Gasteiger partial charge in [-0.15, -0.1) is 11.3 Å². The van der Waals surface area contributed by atoms with Crippen LogP contribution in [0.5, 0.6) is 11.5 Å². The summed E-state index contributed by atoms with van der Waals surface area (Å²) in [6.45, 7) is 1.92. The monoisotopic (exact) mass is 401 g/mol.